The fraction of sp³-hybridized carbons (Fsp3) is 0.300. The van der Waals surface area contributed by atoms with Gasteiger partial charge in [0.25, 0.3) is 5.91 Å². The van der Waals surface area contributed by atoms with Crippen LogP contribution in [0.25, 0.3) is 10.2 Å². The van der Waals surface area contributed by atoms with Crippen molar-refractivity contribution in [1.29, 1.82) is 0 Å². The molecule has 0 N–H and O–H groups in total. The Morgan fingerprint density at radius 3 is 2.43 bits per heavy atom. The highest BCUT2D eigenvalue weighted by atomic mass is 35.5. The molecule has 1 heterocycles. The van der Waals surface area contributed by atoms with E-state index in [9.17, 15) is 17.6 Å². The minimum atomic E-state index is -3.59. The van der Waals surface area contributed by atoms with Crippen molar-refractivity contribution in [3.8, 4) is 0 Å². The van der Waals surface area contributed by atoms with Crippen LogP contribution in [-0.4, -0.2) is 57.6 Å². The highest BCUT2D eigenvalue weighted by Crippen LogP contribution is 2.32. The predicted octanol–water partition coefficient (Wildman–Crippen LogP) is 3.86. The molecule has 0 aliphatic carbocycles. The lowest BCUT2D eigenvalue weighted by Gasteiger charge is -2.22. The molecule has 0 bridgehead atoms. The molecule has 0 spiro atoms. The lowest BCUT2D eigenvalue weighted by Crippen LogP contribution is -2.34. The number of carbonyl (C=O) groups is 1. The average molecular weight is 472 g/mol. The Morgan fingerprint density at radius 2 is 1.80 bits per heavy atom. The molecule has 162 valence electrons. The highest BCUT2D eigenvalue weighted by molar-refractivity contribution is 7.90. The van der Waals surface area contributed by atoms with Crippen LogP contribution >= 0.6 is 23.7 Å². The van der Waals surface area contributed by atoms with E-state index in [1.54, 1.807) is 24.3 Å². The van der Waals surface area contributed by atoms with Crippen molar-refractivity contribution >= 4 is 54.8 Å². The van der Waals surface area contributed by atoms with Crippen molar-refractivity contribution in [3.63, 3.8) is 0 Å². The Labute approximate surface area is 185 Å². The topological polar surface area (TPSA) is 70.6 Å². The third kappa shape index (κ3) is 5.34. The van der Waals surface area contributed by atoms with Crippen molar-refractivity contribution in [2.75, 3.05) is 38.3 Å². The van der Waals surface area contributed by atoms with Gasteiger partial charge in [-0.3, -0.25) is 9.69 Å². The number of hydrogen-bond acceptors (Lipinski definition) is 6. The molecule has 10 heteroatoms. The number of fused-ring (bicyclic) bond motifs is 1. The Balaban J connectivity index is 0.00000320. The van der Waals surface area contributed by atoms with E-state index in [0.29, 0.717) is 22.8 Å². The summed E-state index contributed by atoms with van der Waals surface area (Å²) in [4.78, 5) is 21.1. The molecular weight excluding hydrogens is 449 g/mol. The van der Waals surface area contributed by atoms with Gasteiger partial charge in [-0.2, -0.15) is 0 Å². The lowest BCUT2D eigenvalue weighted by atomic mass is 10.2. The number of nitrogens with zero attached hydrogens (tertiary/aromatic N) is 3. The first kappa shape index (κ1) is 24.2. The number of anilines is 1. The first-order chi connectivity index (χ1) is 13.7. The van der Waals surface area contributed by atoms with Crippen molar-refractivity contribution in [1.82, 2.24) is 9.88 Å². The summed E-state index contributed by atoms with van der Waals surface area (Å²) in [5, 5.41) is 0.345. The number of carbonyl (C=O) groups excluding carboxylic acids is 1. The van der Waals surface area contributed by atoms with Gasteiger partial charge >= 0.3 is 0 Å². The van der Waals surface area contributed by atoms with Crippen LogP contribution in [0.5, 0.6) is 0 Å². The van der Waals surface area contributed by atoms with E-state index in [1.165, 1.54) is 34.4 Å². The standard InChI is InChI=1S/C20H22FN3O3S2.ClH/c1-23(2)12-7-13-24(20-22-18-15(21)9-6-10-16(18)28-20)19(25)14-8-4-5-11-17(14)29(3,26)27;/h4-6,8-11H,7,12-13H2,1-3H3;1H. The Morgan fingerprint density at radius 1 is 1.10 bits per heavy atom. The number of aromatic nitrogens is 1. The van der Waals surface area contributed by atoms with Gasteiger partial charge in [0.1, 0.15) is 11.3 Å². The summed E-state index contributed by atoms with van der Waals surface area (Å²) >= 11 is 1.21. The summed E-state index contributed by atoms with van der Waals surface area (Å²) < 4.78 is 39.1. The maximum Gasteiger partial charge on any atom is 0.261 e. The third-order valence-electron chi connectivity index (χ3n) is 4.34. The van der Waals surface area contributed by atoms with Crippen LogP contribution in [0.2, 0.25) is 0 Å². The number of thiazole rings is 1. The Hall–Kier alpha value is -2.07. The molecule has 6 nitrogen and oxygen atoms in total. The predicted molar refractivity (Wildman–Crippen MR) is 121 cm³/mol. The second-order valence-corrected chi connectivity index (χ2v) is 9.96. The molecule has 30 heavy (non-hydrogen) atoms. The zero-order valence-electron chi connectivity index (χ0n) is 16.8. The van der Waals surface area contributed by atoms with E-state index >= 15 is 0 Å². The number of benzene rings is 2. The third-order valence-corrected chi connectivity index (χ3v) is 6.54. The summed E-state index contributed by atoms with van der Waals surface area (Å²) in [5.74, 6) is -0.925. The van der Waals surface area contributed by atoms with Crippen LogP contribution in [0.1, 0.15) is 16.8 Å². The maximum absolute atomic E-state index is 14.1. The molecular formula is C20H23ClFN3O3S2. The normalized spacial score (nSPS) is 11.5. The van der Waals surface area contributed by atoms with Crippen LogP contribution in [0.15, 0.2) is 47.4 Å². The molecule has 0 saturated carbocycles. The van der Waals surface area contributed by atoms with Crippen molar-refractivity contribution < 1.29 is 17.6 Å². The lowest BCUT2D eigenvalue weighted by molar-refractivity contribution is 0.0983. The Bertz CT molecular complexity index is 1150. The summed E-state index contributed by atoms with van der Waals surface area (Å²) in [6.45, 7) is 1.06. The zero-order chi connectivity index (χ0) is 21.2. The number of rotatable bonds is 7. The van der Waals surface area contributed by atoms with Crippen LogP contribution in [0.3, 0.4) is 0 Å². The number of para-hydroxylation sites is 1. The molecule has 0 unspecified atom stereocenters. The van der Waals surface area contributed by atoms with Crippen LogP contribution in [0.4, 0.5) is 9.52 Å². The van der Waals surface area contributed by atoms with Crippen molar-refractivity contribution in [3.05, 3.63) is 53.8 Å². The minimum absolute atomic E-state index is 0. The van der Waals surface area contributed by atoms with Crippen LogP contribution in [-0.2, 0) is 9.84 Å². The van der Waals surface area contributed by atoms with Crippen molar-refractivity contribution in [2.45, 2.75) is 11.3 Å². The highest BCUT2D eigenvalue weighted by Gasteiger charge is 2.26. The molecule has 0 atom stereocenters. The Kier molecular flexibility index (Phi) is 7.93. The average Bonchev–Trinajstić information content (AvgIpc) is 3.09. The SMILES string of the molecule is CN(C)CCCN(C(=O)c1ccccc1S(C)(=O)=O)c1nc2c(F)cccc2s1.Cl. The van der Waals surface area contributed by atoms with Gasteiger partial charge in [0.15, 0.2) is 15.0 Å². The van der Waals surface area contributed by atoms with E-state index in [0.717, 1.165) is 12.8 Å². The summed E-state index contributed by atoms with van der Waals surface area (Å²) in [7, 11) is 0.265. The largest absolute Gasteiger partial charge is 0.309 e. The fourth-order valence-corrected chi connectivity index (χ4v) is 4.84. The molecule has 1 aromatic heterocycles. The van der Waals surface area contributed by atoms with Gasteiger partial charge in [-0.15, -0.1) is 12.4 Å². The molecule has 0 aliphatic rings. The summed E-state index contributed by atoms with van der Waals surface area (Å²) in [5.41, 5.74) is 0.286. The van der Waals surface area contributed by atoms with E-state index in [4.69, 9.17) is 0 Å². The quantitative estimate of drug-likeness (QED) is 0.523. The molecule has 2 aromatic carbocycles. The van der Waals surface area contributed by atoms with Crippen LogP contribution in [0, 0.1) is 5.82 Å². The molecule has 3 rings (SSSR count). The second-order valence-electron chi connectivity index (χ2n) is 6.96. The van der Waals surface area contributed by atoms with Gasteiger partial charge in [0.2, 0.25) is 0 Å². The van der Waals surface area contributed by atoms with E-state index in [2.05, 4.69) is 4.98 Å². The van der Waals surface area contributed by atoms with E-state index in [-0.39, 0.29) is 28.4 Å². The molecule has 0 fully saturated rings. The van der Waals surface area contributed by atoms with Crippen molar-refractivity contribution in [2.24, 2.45) is 0 Å². The van der Waals surface area contributed by atoms with Gasteiger partial charge < -0.3 is 4.90 Å². The maximum atomic E-state index is 14.1. The summed E-state index contributed by atoms with van der Waals surface area (Å²) in [6.07, 6.45) is 1.72. The first-order valence-electron chi connectivity index (χ1n) is 8.99. The minimum Gasteiger partial charge on any atom is -0.309 e. The number of hydrogen-bond donors (Lipinski definition) is 0. The van der Waals surface area contributed by atoms with Crippen LogP contribution < -0.4 is 4.90 Å². The first-order valence-corrected chi connectivity index (χ1v) is 11.7. The fourth-order valence-electron chi connectivity index (χ4n) is 2.96. The van der Waals surface area contributed by atoms with Gasteiger partial charge in [-0.25, -0.2) is 17.8 Å². The number of sulfone groups is 1. The van der Waals surface area contributed by atoms with E-state index in [1.807, 2.05) is 19.0 Å². The van der Waals surface area contributed by atoms with Gasteiger partial charge in [0.05, 0.1) is 15.2 Å². The van der Waals surface area contributed by atoms with Gasteiger partial charge in [-0.1, -0.05) is 29.5 Å². The molecule has 3 aromatic rings. The smallest absolute Gasteiger partial charge is 0.261 e. The molecule has 0 radical (unpaired) electrons. The second kappa shape index (κ2) is 9.82. The monoisotopic (exact) mass is 471 g/mol. The number of amides is 1. The van der Waals surface area contributed by atoms with Gasteiger partial charge in [0, 0.05) is 12.8 Å². The van der Waals surface area contributed by atoms with Gasteiger partial charge in [-0.05, 0) is 51.3 Å². The molecule has 0 saturated heterocycles. The summed E-state index contributed by atoms with van der Waals surface area (Å²) in [6, 6.07) is 10.8. The number of halogens is 2. The zero-order valence-corrected chi connectivity index (χ0v) is 19.3. The molecule has 1 amide bonds. The molecule has 0 aliphatic heterocycles. The van der Waals surface area contributed by atoms with E-state index < -0.39 is 21.6 Å².